The average molecular weight is 142 g/mol. The molecule has 10 heavy (non-hydrogen) atoms. The normalized spacial score (nSPS) is 23.0. The fourth-order valence-electron chi connectivity index (χ4n) is 0.868. The highest BCUT2D eigenvalue weighted by molar-refractivity contribution is 5.88. The monoisotopic (exact) mass is 142 g/mol. The molecule has 0 aromatic rings. The van der Waals surface area contributed by atoms with E-state index in [9.17, 15) is 4.79 Å². The van der Waals surface area contributed by atoms with E-state index in [1.54, 1.807) is 5.01 Å². The molecule has 0 bridgehead atoms. The SMILES string of the molecule is O=C1ONN2CCOC=C12. The fourth-order valence-corrected chi connectivity index (χ4v) is 0.868. The van der Waals surface area contributed by atoms with E-state index in [4.69, 9.17) is 4.74 Å². The molecule has 0 aromatic carbocycles. The first kappa shape index (κ1) is 5.55. The summed E-state index contributed by atoms with van der Waals surface area (Å²) in [4.78, 5) is 15.2. The van der Waals surface area contributed by atoms with Crippen LogP contribution in [0.15, 0.2) is 12.0 Å². The number of hydrogen-bond donors (Lipinski definition) is 1. The van der Waals surface area contributed by atoms with Crippen molar-refractivity contribution in [2.24, 2.45) is 0 Å². The molecule has 0 spiro atoms. The molecule has 0 unspecified atom stereocenters. The van der Waals surface area contributed by atoms with Crippen LogP contribution >= 0.6 is 0 Å². The lowest BCUT2D eigenvalue weighted by Gasteiger charge is -2.18. The van der Waals surface area contributed by atoms with Crippen LogP contribution in [0.25, 0.3) is 0 Å². The van der Waals surface area contributed by atoms with E-state index in [1.165, 1.54) is 6.26 Å². The summed E-state index contributed by atoms with van der Waals surface area (Å²) in [7, 11) is 0. The van der Waals surface area contributed by atoms with Crippen LogP contribution in [-0.2, 0) is 14.4 Å². The summed E-state index contributed by atoms with van der Waals surface area (Å²) >= 11 is 0. The van der Waals surface area contributed by atoms with Gasteiger partial charge >= 0.3 is 5.97 Å². The van der Waals surface area contributed by atoms with Gasteiger partial charge in [0, 0.05) is 0 Å². The van der Waals surface area contributed by atoms with Gasteiger partial charge in [-0.05, 0) is 0 Å². The number of rotatable bonds is 0. The van der Waals surface area contributed by atoms with E-state index in [-0.39, 0.29) is 5.97 Å². The molecule has 2 aliphatic heterocycles. The lowest BCUT2D eigenvalue weighted by molar-refractivity contribution is -0.142. The van der Waals surface area contributed by atoms with Gasteiger partial charge in [-0.15, -0.1) is 0 Å². The Hall–Kier alpha value is -1.23. The highest BCUT2D eigenvalue weighted by atomic mass is 16.7. The summed E-state index contributed by atoms with van der Waals surface area (Å²) in [6.45, 7) is 1.21. The van der Waals surface area contributed by atoms with Gasteiger partial charge in [-0.2, -0.15) is 0 Å². The first-order chi connectivity index (χ1) is 4.88. The quantitative estimate of drug-likeness (QED) is 0.476. The van der Waals surface area contributed by atoms with E-state index in [0.29, 0.717) is 18.8 Å². The standard InChI is InChI=1S/C5H6N2O3/c8-5-4-3-9-2-1-7(4)6-10-5/h3,6H,1-2H2. The molecule has 0 amide bonds. The molecule has 5 nitrogen and oxygen atoms in total. The Labute approximate surface area is 57.1 Å². The molecule has 0 aliphatic carbocycles. The smallest absolute Gasteiger partial charge is 0.379 e. The Balaban J connectivity index is 2.27. The maximum Gasteiger partial charge on any atom is 0.379 e. The molecule has 2 aliphatic rings. The summed E-state index contributed by atoms with van der Waals surface area (Å²) in [5.74, 6) is -0.389. The van der Waals surface area contributed by atoms with Crippen molar-refractivity contribution in [2.45, 2.75) is 0 Å². The van der Waals surface area contributed by atoms with Crippen LogP contribution < -0.4 is 5.59 Å². The zero-order valence-corrected chi connectivity index (χ0v) is 5.16. The Kier molecular flexibility index (Phi) is 1.04. The third-order valence-corrected chi connectivity index (χ3v) is 1.38. The molecule has 54 valence electrons. The number of nitrogens with zero attached hydrogens (tertiary/aromatic N) is 1. The first-order valence-corrected chi connectivity index (χ1v) is 2.94. The van der Waals surface area contributed by atoms with Gasteiger partial charge in [0.1, 0.15) is 12.9 Å². The van der Waals surface area contributed by atoms with Crippen LogP contribution in [0.2, 0.25) is 0 Å². The average Bonchev–Trinajstić information content (AvgIpc) is 2.34. The van der Waals surface area contributed by atoms with Crippen LogP contribution in [0.5, 0.6) is 0 Å². The number of carbonyl (C=O) groups is 1. The molecular weight excluding hydrogens is 136 g/mol. The Morgan fingerprint density at radius 2 is 2.60 bits per heavy atom. The second-order valence-electron chi connectivity index (χ2n) is 2.01. The molecule has 0 atom stereocenters. The number of carbonyl (C=O) groups excluding carboxylic acids is 1. The Morgan fingerprint density at radius 3 is 3.40 bits per heavy atom. The van der Waals surface area contributed by atoms with Gasteiger partial charge in [0.15, 0.2) is 5.70 Å². The molecule has 2 heterocycles. The largest absolute Gasteiger partial charge is 0.497 e. The van der Waals surface area contributed by atoms with Crippen LogP contribution in [0, 0.1) is 0 Å². The molecule has 1 N–H and O–H groups in total. The van der Waals surface area contributed by atoms with Gasteiger partial charge in [-0.1, -0.05) is 5.59 Å². The molecule has 0 saturated carbocycles. The van der Waals surface area contributed by atoms with E-state index < -0.39 is 0 Å². The van der Waals surface area contributed by atoms with E-state index >= 15 is 0 Å². The van der Waals surface area contributed by atoms with Crippen molar-refractivity contribution < 1.29 is 14.4 Å². The summed E-state index contributed by atoms with van der Waals surface area (Å²) < 4.78 is 4.91. The number of ether oxygens (including phenoxy) is 1. The van der Waals surface area contributed by atoms with Crippen molar-refractivity contribution >= 4 is 5.97 Å². The number of fused-ring (bicyclic) bond motifs is 1. The minimum absolute atomic E-state index is 0.389. The maximum atomic E-state index is 10.7. The molecular formula is C5H6N2O3. The molecule has 0 radical (unpaired) electrons. The minimum Gasteiger partial charge on any atom is -0.497 e. The summed E-state index contributed by atoms with van der Waals surface area (Å²) in [5, 5.41) is 1.60. The second kappa shape index (κ2) is 1.88. The van der Waals surface area contributed by atoms with Crippen LogP contribution in [0.1, 0.15) is 0 Å². The van der Waals surface area contributed by atoms with E-state index in [2.05, 4.69) is 10.4 Å². The highest BCUT2D eigenvalue weighted by Crippen LogP contribution is 2.13. The van der Waals surface area contributed by atoms with E-state index in [1.807, 2.05) is 0 Å². The van der Waals surface area contributed by atoms with Crippen LogP contribution in [0.4, 0.5) is 0 Å². The lowest BCUT2D eigenvalue weighted by atomic mass is 10.4. The van der Waals surface area contributed by atoms with Gasteiger partial charge in [0.05, 0.1) is 6.54 Å². The third kappa shape index (κ3) is 0.640. The predicted octanol–water partition coefficient (Wildman–Crippen LogP) is -0.864. The highest BCUT2D eigenvalue weighted by Gasteiger charge is 2.29. The van der Waals surface area contributed by atoms with Gasteiger partial charge in [-0.25, -0.2) is 4.79 Å². The molecule has 1 fully saturated rings. The molecule has 0 aromatic heterocycles. The number of hydrogen-bond acceptors (Lipinski definition) is 5. The molecule has 5 heteroatoms. The molecule has 2 rings (SSSR count). The van der Waals surface area contributed by atoms with Crippen molar-refractivity contribution in [1.29, 1.82) is 0 Å². The number of hydrazine groups is 1. The summed E-state index contributed by atoms with van der Waals surface area (Å²) in [5.41, 5.74) is 2.88. The van der Waals surface area contributed by atoms with Crippen molar-refractivity contribution in [3.05, 3.63) is 12.0 Å². The molecule has 1 saturated heterocycles. The Morgan fingerprint density at radius 1 is 1.70 bits per heavy atom. The zero-order valence-electron chi connectivity index (χ0n) is 5.16. The van der Waals surface area contributed by atoms with Crippen molar-refractivity contribution in [3.63, 3.8) is 0 Å². The fraction of sp³-hybridized carbons (Fsp3) is 0.400. The first-order valence-electron chi connectivity index (χ1n) is 2.94. The Bertz CT molecular complexity index is 201. The van der Waals surface area contributed by atoms with Crippen molar-refractivity contribution in [3.8, 4) is 0 Å². The van der Waals surface area contributed by atoms with E-state index in [0.717, 1.165) is 0 Å². The maximum absolute atomic E-state index is 10.7. The van der Waals surface area contributed by atoms with Gasteiger partial charge < -0.3 is 9.57 Å². The van der Waals surface area contributed by atoms with Crippen LogP contribution in [-0.4, -0.2) is 24.1 Å². The number of nitrogens with one attached hydrogen (secondary N) is 1. The summed E-state index contributed by atoms with van der Waals surface area (Å²) in [6, 6.07) is 0. The van der Waals surface area contributed by atoms with Crippen molar-refractivity contribution in [1.82, 2.24) is 10.6 Å². The van der Waals surface area contributed by atoms with Crippen molar-refractivity contribution in [2.75, 3.05) is 13.2 Å². The topological polar surface area (TPSA) is 50.8 Å². The summed E-state index contributed by atoms with van der Waals surface area (Å²) in [6.07, 6.45) is 1.39. The zero-order chi connectivity index (χ0) is 6.97. The van der Waals surface area contributed by atoms with Gasteiger partial charge in [0.2, 0.25) is 0 Å². The second-order valence-corrected chi connectivity index (χ2v) is 2.01. The third-order valence-electron chi connectivity index (χ3n) is 1.38. The lowest BCUT2D eigenvalue weighted by Crippen LogP contribution is -2.34. The van der Waals surface area contributed by atoms with Crippen LogP contribution in [0.3, 0.4) is 0 Å². The van der Waals surface area contributed by atoms with Gasteiger partial charge in [0.25, 0.3) is 0 Å². The predicted molar refractivity (Wildman–Crippen MR) is 30.0 cm³/mol. The van der Waals surface area contributed by atoms with Gasteiger partial charge in [-0.3, -0.25) is 5.01 Å². The minimum atomic E-state index is -0.389.